The van der Waals surface area contributed by atoms with Crippen LogP contribution in [0.1, 0.15) is 56.9 Å². The summed E-state index contributed by atoms with van der Waals surface area (Å²) in [6.07, 6.45) is 1.78. The first kappa shape index (κ1) is 56.2. The zero-order valence-corrected chi connectivity index (χ0v) is 50.7. The summed E-state index contributed by atoms with van der Waals surface area (Å²) in [5.41, 5.74) is 0.939. The third-order valence-corrected chi connectivity index (χ3v) is 31.4. The monoisotopic (exact) mass is 1240 g/mol. The van der Waals surface area contributed by atoms with Gasteiger partial charge in [0.15, 0.2) is 0 Å². The Bertz CT molecular complexity index is 3980. The second kappa shape index (κ2) is 22.3. The van der Waals surface area contributed by atoms with Gasteiger partial charge in [0.05, 0.1) is 19.6 Å². The standard InChI is InChI=1S/C63H61N5O10P2S4/c69-81(70,54-34-30-46-18-4-8-22-50(46)38-54)65-58-26-12-13-27-59(58)66(82(71,72)55-35-31-47-19-5-9-23-51(47)39-55)79(65)77-62-43-64(42-45-16-2-1-3-17-45)44-63(62)78-80-67(83(73,74)56-36-32-48-20-6-10-24-52(48)40-56)60-28-14-15-29-61(60)68(80)84(75,76)57-37-33-49-21-7-11-25-53(49)41-57/h1-11,16-25,30-41,58-63H,12-15,26-29,42-44H2/t58-,59-,60-,61-,62-,63-/m0/s1. The molecule has 5 fully saturated rings. The molecule has 432 valence electrons. The van der Waals surface area contributed by atoms with Crippen LogP contribution in [-0.2, 0) is 55.7 Å². The largest absolute Gasteiger partial charge is 0.322 e. The minimum Gasteiger partial charge on any atom is -0.322 e. The van der Waals surface area contributed by atoms with Crippen molar-refractivity contribution in [2.45, 2.75) is 114 Å². The molecule has 0 amide bonds. The van der Waals surface area contributed by atoms with Crippen molar-refractivity contribution in [3.8, 4) is 0 Å². The molecule has 21 heteroatoms. The minimum atomic E-state index is -4.56. The summed E-state index contributed by atoms with van der Waals surface area (Å²) in [5, 5.41) is 6.09. The maximum atomic E-state index is 15.9. The fourth-order valence-electron chi connectivity index (χ4n) is 13.1. The van der Waals surface area contributed by atoms with E-state index in [2.05, 4.69) is 4.90 Å². The molecule has 15 nitrogen and oxygen atoms in total. The Labute approximate surface area is 493 Å². The summed E-state index contributed by atoms with van der Waals surface area (Å²) in [5.74, 6) is 0. The van der Waals surface area contributed by atoms with Crippen molar-refractivity contribution in [2.75, 3.05) is 13.1 Å². The highest BCUT2D eigenvalue weighted by atomic mass is 32.2. The third kappa shape index (κ3) is 10.0. The Morgan fingerprint density at radius 3 is 0.881 bits per heavy atom. The maximum absolute atomic E-state index is 15.9. The molecule has 6 atom stereocenters. The predicted octanol–water partition coefficient (Wildman–Crippen LogP) is 12.8. The Balaban J connectivity index is 0.929. The summed E-state index contributed by atoms with van der Waals surface area (Å²) in [4.78, 5) is 2.00. The van der Waals surface area contributed by atoms with Crippen LogP contribution in [-0.4, -0.2) is 104 Å². The zero-order valence-electron chi connectivity index (χ0n) is 45.6. The van der Waals surface area contributed by atoms with Gasteiger partial charge in [-0.2, -0.15) is 0 Å². The van der Waals surface area contributed by atoms with Crippen molar-refractivity contribution in [3.05, 3.63) is 206 Å². The van der Waals surface area contributed by atoms with Gasteiger partial charge in [0.1, 0.15) is 12.2 Å². The lowest BCUT2D eigenvalue weighted by molar-refractivity contribution is 0.0982. The molecule has 0 spiro atoms. The second-order valence-corrected chi connectivity index (χ2v) is 34.0. The first-order valence-electron chi connectivity index (χ1n) is 28.5. The van der Waals surface area contributed by atoms with Gasteiger partial charge in [0.25, 0.3) is 0 Å². The van der Waals surface area contributed by atoms with E-state index in [1.165, 1.54) is 16.3 Å². The molecule has 0 bridgehead atoms. The maximum Gasteiger partial charge on any atom is 0.249 e. The molecule has 2 saturated carbocycles. The number of sulfonamides is 4. The molecular formula is C63H61N5O10P2S4. The lowest BCUT2D eigenvalue weighted by Gasteiger charge is -2.35. The van der Waals surface area contributed by atoms with Gasteiger partial charge in [0.2, 0.25) is 57.0 Å². The SMILES string of the molecule is O=S(=O)(c1ccc2ccccc2c1)N1[C@H]2CCCC[C@@H]2N(S(=O)(=O)c2ccc3ccccc3c2)P1O[C@H]1CN(Cc2ccccc2)C[C@@H]1OP1N(S(=O)(=O)c2ccc3ccccc3c2)[C@H]2CCCC[C@@H]2N1S(=O)(=O)c1ccc2ccccc2c1. The molecule has 84 heavy (non-hydrogen) atoms. The van der Waals surface area contributed by atoms with Crippen LogP contribution in [0.3, 0.4) is 0 Å². The molecule has 0 radical (unpaired) electrons. The van der Waals surface area contributed by atoms with E-state index in [1.54, 1.807) is 72.8 Å². The number of rotatable bonds is 14. The fourth-order valence-corrected chi connectivity index (χ4v) is 27.9. The molecule has 0 unspecified atom stereocenters. The number of hydrogen-bond donors (Lipinski definition) is 0. The Morgan fingerprint density at radius 2 is 0.595 bits per heavy atom. The summed E-state index contributed by atoms with van der Waals surface area (Å²) in [6, 6.07) is 56.0. The minimum absolute atomic E-state index is 0.0161. The first-order valence-corrected chi connectivity index (χ1v) is 36.6. The summed E-state index contributed by atoms with van der Waals surface area (Å²) in [6.45, 7) is 0.544. The highest BCUT2D eigenvalue weighted by Gasteiger charge is 2.63. The normalized spacial score (nSPS) is 23.9. The molecule has 3 saturated heterocycles. The van der Waals surface area contributed by atoms with Crippen LogP contribution >= 0.6 is 16.9 Å². The topological polar surface area (TPSA) is 171 Å². The Morgan fingerprint density at radius 1 is 0.333 bits per heavy atom. The van der Waals surface area contributed by atoms with E-state index in [0.717, 1.165) is 27.1 Å². The molecule has 3 heterocycles. The quantitative estimate of drug-likeness (QED) is 0.0949. The van der Waals surface area contributed by atoms with E-state index >= 15 is 33.7 Å². The van der Waals surface area contributed by atoms with Crippen LogP contribution in [0, 0.1) is 0 Å². The van der Waals surface area contributed by atoms with Gasteiger partial charge >= 0.3 is 0 Å². The first-order chi connectivity index (χ1) is 40.6. The summed E-state index contributed by atoms with van der Waals surface area (Å²) in [7, 11) is -23.9. The number of fused-ring (bicyclic) bond motifs is 6. The molecule has 0 aromatic heterocycles. The summed E-state index contributed by atoms with van der Waals surface area (Å²) >= 11 is 0. The molecule has 5 aliphatic rings. The predicted molar refractivity (Wildman–Crippen MR) is 329 cm³/mol. The van der Waals surface area contributed by atoms with Crippen LogP contribution < -0.4 is 0 Å². The van der Waals surface area contributed by atoms with Crippen LogP contribution in [0.4, 0.5) is 0 Å². The molecule has 3 aliphatic heterocycles. The molecular weight excluding hydrogens is 1180 g/mol. The van der Waals surface area contributed by atoms with Gasteiger partial charge in [-0.05, 0) is 123 Å². The van der Waals surface area contributed by atoms with Crippen molar-refractivity contribution in [3.63, 3.8) is 0 Å². The second-order valence-electron chi connectivity index (χ2n) is 22.5. The molecule has 9 aromatic carbocycles. The van der Waals surface area contributed by atoms with Crippen molar-refractivity contribution in [1.82, 2.24) is 21.2 Å². The highest BCUT2D eigenvalue weighted by molar-refractivity contribution is 7.99. The van der Waals surface area contributed by atoms with E-state index in [9.17, 15) is 0 Å². The van der Waals surface area contributed by atoms with E-state index in [0.29, 0.717) is 79.5 Å². The highest BCUT2D eigenvalue weighted by Crippen LogP contribution is 2.66. The number of nitrogens with zero attached hydrogens (tertiary/aromatic N) is 5. The number of hydrogen-bond acceptors (Lipinski definition) is 11. The van der Waals surface area contributed by atoms with Gasteiger partial charge < -0.3 is 9.05 Å². The Kier molecular flexibility index (Phi) is 14.9. The van der Waals surface area contributed by atoms with Gasteiger partial charge in [-0.1, -0.05) is 177 Å². The van der Waals surface area contributed by atoms with Crippen molar-refractivity contribution >= 4 is 100 Å². The van der Waals surface area contributed by atoms with Gasteiger partial charge in [-0.3, -0.25) is 4.90 Å². The zero-order chi connectivity index (χ0) is 57.5. The Hall–Kier alpha value is -5.60. The van der Waals surface area contributed by atoms with Crippen molar-refractivity contribution < 1.29 is 42.7 Å². The average molecular weight is 1240 g/mol. The van der Waals surface area contributed by atoms with E-state index in [1.807, 2.05) is 127 Å². The van der Waals surface area contributed by atoms with E-state index < -0.39 is 93.4 Å². The molecule has 2 aliphatic carbocycles. The third-order valence-electron chi connectivity index (χ3n) is 17.3. The van der Waals surface area contributed by atoms with Gasteiger partial charge in [-0.15, -0.1) is 16.3 Å². The van der Waals surface area contributed by atoms with Crippen LogP contribution in [0.5, 0.6) is 0 Å². The molecule has 14 rings (SSSR count). The number of likely N-dealkylation sites (tertiary alicyclic amines) is 1. The molecule has 0 N–H and O–H groups in total. The van der Waals surface area contributed by atoms with Crippen molar-refractivity contribution in [2.24, 2.45) is 0 Å². The van der Waals surface area contributed by atoms with E-state index in [-0.39, 0.29) is 32.7 Å². The molecule has 9 aromatic rings. The van der Waals surface area contributed by atoms with E-state index in [4.69, 9.17) is 9.05 Å². The van der Waals surface area contributed by atoms with Crippen LogP contribution in [0.15, 0.2) is 220 Å². The average Bonchev–Trinajstić information content (AvgIpc) is 2.13. The van der Waals surface area contributed by atoms with Gasteiger partial charge in [0, 0.05) is 43.8 Å². The number of benzene rings is 9. The lowest BCUT2D eigenvalue weighted by Crippen LogP contribution is -2.43. The lowest BCUT2D eigenvalue weighted by atomic mass is 9.92. The van der Waals surface area contributed by atoms with Gasteiger partial charge in [-0.25, -0.2) is 33.7 Å². The van der Waals surface area contributed by atoms with Crippen molar-refractivity contribution in [1.29, 1.82) is 0 Å². The summed E-state index contributed by atoms with van der Waals surface area (Å²) < 4.78 is 147. The smallest absolute Gasteiger partial charge is 0.249 e. The fraction of sp³-hybridized carbons (Fsp3) is 0.270. The van der Waals surface area contributed by atoms with Crippen LogP contribution in [0.25, 0.3) is 43.1 Å². The van der Waals surface area contributed by atoms with Crippen LogP contribution in [0.2, 0.25) is 0 Å².